The highest BCUT2D eigenvalue weighted by atomic mass is 79.9. The molecule has 1 aromatic heterocycles. The number of hydrogen-bond donors (Lipinski definition) is 0. The Labute approximate surface area is 169 Å². The SMILES string of the molecule is CC(C)OC(=O)c1cc2ccc3c(c2oc1=O)CN(c1ccc(Br)cc1)CO3. The topological polar surface area (TPSA) is 69.0 Å². The molecular weight excluding hydrogens is 426 g/mol. The summed E-state index contributed by atoms with van der Waals surface area (Å²) in [6.45, 7) is 4.37. The minimum atomic E-state index is -0.715. The van der Waals surface area contributed by atoms with E-state index in [4.69, 9.17) is 13.9 Å². The number of esters is 1. The molecule has 0 amide bonds. The zero-order valence-electron chi connectivity index (χ0n) is 15.4. The van der Waals surface area contributed by atoms with E-state index in [9.17, 15) is 9.59 Å². The Morgan fingerprint density at radius 1 is 1.18 bits per heavy atom. The summed E-state index contributed by atoms with van der Waals surface area (Å²) in [7, 11) is 0. The highest BCUT2D eigenvalue weighted by molar-refractivity contribution is 9.10. The molecule has 28 heavy (non-hydrogen) atoms. The number of fused-ring (bicyclic) bond motifs is 3. The van der Waals surface area contributed by atoms with Gasteiger partial charge in [0.2, 0.25) is 0 Å². The first-order valence-corrected chi connectivity index (χ1v) is 9.65. The molecule has 0 aliphatic carbocycles. The Morgan fingerprint density at radius 3 is 2.64 bits per heavy atom. The first-order valence-electron chi connectivity index (χ1n) is 8.86. The first-order chi connectivity index (χ1) is 13.4. The Hall–Kier alpha value is -2.80. The molecule has 0 atom stereocenters. The van der Waals surface area contributed by atoms with Gasteiger partial charge in [-0.25, -0.2) is 9.59 Å². The van der Waals surface area contributed by atoms with Gasteiger partial charge in [0.25, 0.3) is 0 Å². The van der Waals surface area contributed by atoms with Crippen molar-refractivity contribution in [2.24, 2.45) is 0 Å². The van der Waals surface area contributed by atoms with E-state index in [0.717, 1.165) is 15.7 Å². The summed E-state index contributed by atoms with van der Waals surface area (Å²) in [6.07, 6.45) is -0.320. The van der Waals surface area contributed by atoms with Gasteiger partial charge in [0.15, 0.2) is 6.73 Å². The number of rotatable bonds is 3. The Kier molecular flexibility index (Phi) is 4.85. The zero-order valence-corrected chi connectivity index (χ0v) is 17.0. The second-order valence-corrected chi connectivity index (χ2v) is 7.73. The summed E-state index contributed by atoms with van der Waals surface area (Å²) in [5.41, 5.74) is 1.36. The van der Waals surface area contributed by atoms with Crippen molar-refractivity contribution in [3.8, 4) is 5.75 Å². The predicted octanol–water partition coefficient (Wildman–Crippen LogP) is 4.48. The summed E-state index contributed by atoms with van der Waals surface area (Å²) in [6, 6.07) is 13.0. The van der Waals surface area contributed by atoms with Crippen molar-refractivity contribution in [1.82, 2.24) is 0 Å². The van der Waals surface area contributed by atoms with Gasteiger partial charge in [0.1, 0.15) is 16.9 Å². The maximum atomic E-state index is 12.4. The molecule has 2 aromatic carbocycles. The monoisotopic (exact) mass is 443 g/mol. The van der Waals surface area contributed by atoms with Gasteiger partial charge in [-0.15, -0.1) is 0 Å². The zero-order chi connectivity index (χ0) is 19.8. The number of carbonyl (C=O) groups is 1. The molecule has 0 saturated heterocycles. The van der Waals surface area contributed by atoms with Crippen molar-refractivity contribution in [1.29, 1.82) is 0 Å². The number of hydrogen-bond acceptors (Lipinski definition) is 6. The fraction of sp³-hybridized carbons (Fsp3) is 0.238. The third kappa shape index (κ3) is 3.49. The molecule has 0 unspecified atom stereocenters. The molecule has 3 aromatic rings. The molecule has 1 aliphatic rings. The number of halogens is 1. The average molecular weight is 444 g/mol. The highest BCUT2D eigenvalue weighted by Crippen LogP contribution is 2.34. The minimum Gasteiger partial charge on any atom is -0.473 e. The lowest BCUT2D eigenvalue weighted by Crippen LogP contribution is -2.32. The first kappa shape index (κ1) is 18.6. The van der Waals surface area contributed by atoms with Crippen molar-refractivity contribution >= 4 is 38.6 Å². The largest absolute Gasteiger partial charge is 0.473 e. The van der Waals surface area contributed by atoms with Crippen LogP contribution >= 0.6 is 15.9 Å². The van der Waals surface area contributed by atoms with Gasteiger partial charge in [-0.2, -0.15) is 0 Å². The van der Waals surface area contributed by atoms with Crippen molar-refractivity contribution in [2.45, 2.75) is 26.5 Å². The summed E-state index contributed by atoms with van der Waals surface area (Å²) in [5, 5.41) is 0.648. The number of ether oxygens (including phenoxy) is 2. The Morgan fingerprint density at radius 2 is 1.93 bits per heavy atom. The fourth-order valence-corrected chi connectivity index (χ4v) is 3.39. The van der Waals surface area contributed by atoms with Crippen LogP contribution in [0.5, 0.6) is 5.75 Å². The van der Waals surface area contributed by atoms with Gasteiger partial charge in [0, 0.05) is 15.5 Å². The van der Waals surface area contributed by atoms with E-state index < -0.39 is 11.6 Å². The lowest BCUT2D eigenvalue weighted by Gasteiger charge is -2.31. The van der Waals surface area contributed by atoms with Crippen LogP contribution < -0.4 is 15.3 Å². The van der Waals surface area contributed by atoms with Gasteiger partial charge >= 0.3 is 11.6 Å². The summed E-state index contributed by atoms with van der Waals surface area (Å²) in [4.78, 5) is 26.6. The van der Waals surface area contributed by atoms with E-state index in [0.29, 0.717) is 30.0 Å². The summed E-state index contributed by atoms with van der Waals surface area (Å²) in [5.74, 6) is -0.0161. The molecule has 0 radical (unpaired) electrons. The van der Waals surface area contributed by atoms with E-state index in [2.05, 4.69) is 15.9 Å². The van der Waals surface area contributed by atoms with Gasteiger partial charge in [-0.3, -0.25) is 0 Å². The van der Waals surface area contributed by atoms with Crippen molar-refractivity contribution in [3.63, 3.8) is 0 Å². The molecule has 4 rings (SSSR count). The van der Waals surface area contributed by atoms with E-state index in [1.54, 1.807) is 19.9 Å². The summed E-state index contributed by atoms with van der Waals surface area (Å²) >= 11 is 3.43. The maximum Gasteiger partial charge on any atom is 0.351 e. The second kappa shape index (κ2) is 7.31. The quantitative estimate of drug-likeness (QED) is 0.439. The maximum absolute atomic E-state index is 12.4. The van der Waals surface area contributed by atoms with Crippen LogP contribution in [0.1, 0.15) is 29.8 Å². The van der Waals surface area contributed by atoms with Crippen molar-refractivity contribution in [3.05, 3.63) is 68.5 Å². The van der Waals surface area contributed by atoms with Crippen LogP contribution in [-0.4, -0.2) is 18.8 Å². The van der Waals surface area contributed by atoms with Crippen molar-refractivity contribution in [2.75, 3.05) is 11.6 Å². The molecule has 144 valence electrons. The molecule has 0 N–H and O–H groups in total. The molecule has 0 saturated carbocycles. The lowest BCUT2D eigenvalue weighted by molar-refractivity contribution is 0.0373. The normalized spacial score (nSPS) is 13.4. The van der Waals surface area contributed by atoms with Gasteiger partial charge in [0.05, 0.1) is 18.2 Å². The fourth-order valence-electron chi connectivity index (χ4n) is 3.13. The van der Waals surface area contributed by atoms with Crippen LogP contribution in [0, 0.1) is 0 Å². The van der Waals surface area contributed by atoms with Crippen molar-refractivity contribution < 1.29 is 18.7 Å². The van der Waals surface area contributed by atoms with Gasteiger partial charge in [-0.05, 0) is 56.3 Å². The molecule has 0 bridgehead atoms. The Bertz CT molecular complexity index is 1100. The Balaban J connectivity index is 1.74. The predicted molar refractivity (Wildman–Crippen MR) is 109 cm³/mol. The molecule has 0 spiro atoms. The third-order valence-electron chi connectivity index (χ3n) is 4.44. The van der Waals surface area contributed by atoms with Gasteiger partial charge < -0.3 is 18.8 Å². The number of carbonyl (C=O) groups excluding carboxylic acids is 1. The number of anilines is 1. The molecule has 1 aliphatic heterocycles. The average Bonchev–Trinajstić information content (AvgIpc) is 2.67. The number of nitrogens with zero attached hydrogens (tertiary/aromatic N) is 1. The molecule has 7 heteroatoms. The second-order valence-electron chi connectivity index (χ2n) is 6.81. The van der Waals surface area contributed by atoms with Gasteiger partial charge in [-0.1, -0.05) is 15.9 Å². The molecule has 2 heterocycles. The third-order valence-corrected chi connectivity index (χ3v) is 4.97. The van der Waals surface area contributed by atoms with Crippen LogP contribution in [0.2, 0.25) is 0 Å². The van der Waals surface area contributed by atoms with Crippen LogP contribution in [0.15, 0.2) is 56.1 Å². The minimum absolute atomic E-state index is 0.109. The smallest absolute Gasteiger partial charge is 0.351 e. The summed E-state index contributed by atoms with van der Waals surface area (Å²) < 4.78 is 17.5. The van der Waals surface area contributed by atoms with E-state index in [-0.39, 0.29) is 11.7 Å². The lowest BCUT2D eigenvalue weighted by atomic mass is 10.1. The van der Waals surface area contributed by atoms with E-state index in [1.807, 2.05) is 35.2 Å². The van der Waals surface area contributed by atoms with Crippen LogP contribution in [-0.2, 0) is 11.3 Å². The van der Waals surface area contributed by atoms with Crippen LogP contribution in [0.3, 0.4) is 0 Å². The van der Waals surface area contributed by atoms with Crippen LogP contribution in [0.25, 0.3) is 11.0 Å². The standard InChI is InChI=1S/C21H18BrNO5/c1-12(2)27-20(24)16-9-13-3-8-18-17(19(13)28-21(16)25)10-23(11-26-18)15-6-4-14(22)5-7-15/h3-9,12H,10-11H2,1-2H3. The number of benzene rings is 2. The molecule has 0 fully saturated rings. The van der Waals surface area contributed by atoms with Crippen LogP contribution in [0.4, 0.5) is 5.69 Å². The molecular formula is C21H18BrNO5. The van der Waals surface area contributed by atoms with E-state index in [1.165, 1.54) is 6.07 Å². The van der Waals surface area contributed by atoms with E-state index >= 15 is 0 Å². The highest BCUT2D eigenvalue weighted by Gasteiger charge is 2.24. The molecule has 6 nitrogen and oxygen atoms in total.